The lowest BCUT2D eigenvalue weighted by atomic mass is 9.93. The fourth-order valence-electron chi connectivity index (χ4n) is 3.83. The maximum Gasteiger partial charge on any atom is 0.490 e. The van der Waals surface area contributed by atoms with Crippen LogP contribution in [0.2, 0.25) is 0 Å². The van der Waals surface area contributed by atoms with E-state index in [0.29, 0.717) is 30.0 Å². The summed E-state index contributed by atoms with van der Waals surface area (Å²) in [5.74, 6) is -4.67. The van der Waals surface area contributed by atoms with Gasteiger partial charge in [0.05, 0.1) is 18.3 Å². The number of pyridine rings is 1. The van der Waals surface area contributed by atoms with Crippen LogP contribution in [0.1, 0.15) is 20.1 Å². The number of nitrogens with one attached hydrogen (secondary N) is 1. The molecule has 2 aromatic rings. The van der Waals surface area contributed by atoms with Crippen molar-refractivity contribution in [2.75, 3.05) is 26.2 Å². The van der Waals surface area contributed by atoms with Gasteiger partial charge in [-0.2, -0.15) is 26.3 Å². The van der Waals surface area contributed by atoms with E-state index in [2.05, 4.69) is 34.3 Å². The first-order chi connectivity index (χ1) is 18.1. The van der Waals surface area contributed by atoms with Gasteiger partial charge in [-0.3, -0.25) is 14.7 Å². The van der Waals surface area contributed by atoms with Gasteiger partial charge < -0.3 is 20.3 Å². The summed E-state index contributed by atoms with van der Waals surface area (Å²) in [5.41, 5.74) is 0.610. The number of carboxylic acids is 2. The summed E-state index contributed by atoms with van der Waals surface area (Å²) in [6.07, 6.45) is -6.58. The highest BCUT2D eigenvalue weighted by atomic mass is 32.1. The van der Waals surface area contributed by atoms with E-state index in [4.69, 9.17) is 24.5 Å². The zero-order chi connectivity index (χ0) is 29.4. The highest BCUT2D eigenvalue weighted by Crippen LogP contribution is 2.34. The first kappa shape index (κ1) is 32.0. The number of aromatic nitrogens is 1. The Morgan fingerprint density at radius 2 is 1.69 bits per heavy atom. The Hall–Kier alpha value is -3.24. The highest BCUT2D eigenvalue weighted by Gasteiger charge is 2.43. The number of carbonyl (C=O) groups is 3. The maximum atomic E-state index is 12.2. The van der Waals surface area contributed by atoms with E-state index >= 15 is 0 Å². The predicted octanol–water partition coefficient (Wildman–Crippen LogP) is 3.59. The van der Waals surface area contributed by atoms with Gasteiger partial charge in [0, 0.05) is 60.2 Å². The molecule has 1 amide bonds. The SMILES string of the molecule is Cc1ccc(CN2C[C@@H]3[C@@H](CNC(=O)c4cccnc4)CO[C@@H]3C2)s1.O=C(O)C(F)(F)F.O=C(O)C(F)(F)F. The molecule has 0 aromatic carbocycles. The van der Waals surface area contributed by atoms with Gasteiger partial charge in [-0.15, -0.1) is 11.3 Å². The van der Waals surface area contributed by atoms with E-state index in [1.54, 1.807) is 24.5 Å². The highest BCUT2D eigenvalue weighted by molar-refractivity contribution is 7.11. The minimum absolute atomic E-state index is 0.0551. The molecule has 0 radical (unpaired) electrons. The number of nitrogens with zero attached hydrogens (tertiary/aromatic N) is 2. The van der Waals surface area contributed by atoms with Crippen molar-refractivity contribution in [2.24, 2.45) is 11.8 Å². The number of hydrogen-bond donors (Lipinski definition) is 3. The Morgan fingerprint density at radius 3 is 2.18 bits per heavy atom. The summed E-state index contributed by atoms with van der Waals surface area (Å²) >= 11 is 1.87. The second kappa shape index (κ2) is 13.7. The second-order valence-electron chi connectivity index (χ2n) is 8.56. The van der Waals surface area contributed by atoms with Gasteiger partial charge in [0.15, 0.2) is 0 Å². The number of carbonyl (C=O) groups excluding carboxylic acids is 1. The molecular weight excluding hydrogens is 560 g/mol. The van der Waals surface area contributed by atoms with Gasteiger partial charge in [-0.25, -0.2) is 9.59 Å². The van der Waals surface area contributed by atoms with Crippen molar-refractivity contribution < 1.29 is 55.7 Å². The van der Waals surface area contributed by atoms with Crippen LogP contribution in [0.5, 0.6) is 0 Å². The Morgan fingerprint density at radius 1 is 1.08 bits per heavy atom. The summed E-state index contributed by atoms with van der Waals surface area (Å²) in [5, 5.41) is 17.3. The number of halogens is 6. The van der Waals surface area contributed by atoms with E-state index in [9.17, 15) is 31.1 Å². The number of likely N-dealkylation sites (tertiary alicyclic amines) is 1. The molecule has 0 saturated carbocycles. The number of aliphatic carboxylic acids is 2. The van der Waals surface area contributed by atoms with Gasteiger partial charge in [-0.05, 0) is 31.2 Å². The molecule has 16 heteroatoms. The fraction of sp³-hybridized carbons (Fsp3) is 0.478. The number of amides is 1. The van der Waals surface area contributed by atoms with Gasteiger partial charge in [0.1, 0.15) is 0 Å². The van der Waals surface area contributed by atoms with Crippen LogP contribution in [0.3, 0.4) is 0 Å². The Bertz CT molecular complexity index is 1090. The van der Waals surface area contributed by atoms with Crippen molar-refractivity contribution in [3.05, 3.63) is 52.0 Å². The maximum absolute atomic E-state index is 12.2. The van der Waals surface area contributed by atoms with E-state index in [1.807, 2.05) is 11.3 Å². The zero-order valence-electron chi connectivity index (χ0n) is 20.3. The van der Waals surface area contributed by atoms with Crippen molar-refractivity contribution in [3.63, 3.8) is 0 Å². The molecule has 2 saturated heterocycles. The van der Waals surface area contributed by atoms with Crippen molar-refractivity contribution in [2.45, 2.75) is 31.9 Å². The Balaban J connectivity index is 0.000000317. The van der Waals surface area contributed by atoms with E-state index in [0.717, 1.165) is 26.2 Å². The summed E-state index contributed by atoms with van der Waals surface area (Å²) in [6.45, 7) is 6.61. The summed E-state index contributed by atoms with van der Waals surface area (Å²) in [6, 6.07) is 7.98. The smallest absolute Gasteiger partial charge is 0.475 e. The topological polar surface area (TPSA) is 129 Å². The number of alkyl halides is 6. The van der Waals surface area contributed by atoms with Crippen LogP contribution in [0.15, 0.2) is 36.7 Å². The van der Waals surface area contributed by atoms with Crippen LogP contribution in [0.25, 0.3) is 0 Å². The Labute approximate surface area is 222 Å². The number of hydrogen-bond acceptors (Lipinski definition) is 7. The van der Waals surface area contributed by atoms with Crippen LogP contribution in [-0.2, 0) is 20.9 Å². The lowest BCUT2D eigenvalue weighted by molar-refractivity contribution is -0.193. The molecule has 0 bridgehead atoms. The average molecular weight is 586 g/mol. The van der Waals surface area contributed by atoms with Crippen molar-refractivity contribution in [3.8, 4) is 0 Å². The summed E-state index contributed by atoms with van der Waals surface area (Å²) in [4.78, 5) is 39.3. The molecule has 9 nitrogen and oxygen atoms in total. The van der Waals surface area contributed by atoms with E-state index in [-0.39, 0.29) is 5.91 Å². The fourth-order valence-corrected chi connectivity index (χ4v) is 4.77. The molecule has 0 aliphatic carbocycles. The van der Waals surface area contributed by atoms with Crippen LogP contribution in [-0.4, -0.2) is 82.6 Å². The summed E-state index contributed by atoms with van der Waals surface area (Å²) in [7, 11) is 0. The molecular formula is C23H25F6N3O6S. The third-order valence-electron chi connectivity index (χ3n) is 5.62. The minimum Gasteiger partial charge on any atom is -0.475 e. The lowest BCUT2D eigenvalue weighted by Gasteiger charge is -2.19. The molecule has 2 fully saturated rings. The molecule has 4 rings (SSSR count). The largest absolute Gasteiger partial charge is 0.490 e. The van der Waals surface area contributed by atoms with Gasteiger partial charge in [0.2, 0.25) is 0 Å². The molecule has 3 N–H and O–H groups in total. The molecule has 3 atom stereocenters. The summed E-state index contributed by atoms with van der Waals surface area (Å²) < 4.78 is 69.5. The molecule has 39 heavy (non-hydrogen) atoms. The molecule has 0 unspecified atom stereocenters. The normalized spacial score (nSPS) is 20.6. The molecule has 0 spiro atoms. The average Bonchev–Trinajstić information content (AvgIpc) is 3.54. The first-order valence-electron chi connectivity index (χ1n) is 11.3. The molecule has 2 aromatic heterocycles. The molecule has 4 heterocycles. The van der Waals surface area contributed by atoms with Gasteiger partial charge in [0.25, 0.3) is 5.91 Å². The second-order valence-corrected chi connectivity index (χ2v) is 9.93. The molecule has 2 aliphatic heterocycles. The monoisotopic (exact) mass is 585 g/mol. The number of rotatable bonds is 5. The third-order valence-corrected chi connectivity index (χ3v) is 6.61. The van der Waals surface area contributed by atoms with Crippen LogP contribution in [0, 0.1) is 18.8 Å². The van der Waals surface area contributed by atoms with Crippen LogP contribution >= 0.6 is 11.3 Å². The molecule has 216 valence electrons. The number of fused-ring (bicyclic) bond motifs is 1. The lowest BCUT2D eigenvalue weighted by Crippen LogP contribution is -2.34. The Kier molecular flexibility index (Phi) is 11.2. The number of carboxylic acid groups (broad SMARTS) is 2. The number of thiophene rings is 1. The van der Waals surface area contributed by atoms with Crippen molar-refractivity contribution in [1.29, 1.82) is 0 Å². The third kappa shape index (κ3) is 10.4. The van der Waals surface area contributed by atoms with Gasteiger partial charge >= 0.3 is 24.3 Å². The van der Waals surface area contributed by atoms with E-state index < -0.39 is 24.3 Å². The minimum atomic E-state index is -5.08. The van der Waals surface area contributed by atoms with Crippen molar-refractivity contribution >= 4 is 29.2 Å². The van der Waals surface area contributed by atoms with Crippen molar-refractivity contribution in [1.82, 2.24) is 15.2 Å². The zero-order valence-corrected chi connectivity index (χ0v) is 21.1. The first-order valence-corrected chi connectivity index (χ1v) is 12.1. The number of ether oxygens (including phenoxy) is 1. The standard InChI is InChI=1S/C19H23N3O2S.2C2HF3O2/c1-13-4-5-16(25-13)9-22-10-17-15(12-24-18(17)11-22)8-21-19(23)14-3-2-6-20-7-14;2*3-2(4,5)1(6)7/h2-7,15,17-18H,8-12H2,1H3,(H,21,23);2*(H,6,7)/t15-,17+,18+;;/m0../s1. The van der Waals surface area contributed by atoms with Crippen LogP contribution < -0.4 is 5.32 Å². The molecule has 2 aliphatic rings. The number of aryl methyl sites for hydroxylation is 1. The predicted molar refractivity (Wildman–Crippen MR) is 125 cm³/mol. The van der Waals surface area contributed by atoms with Crippen LogP contribution in [0.4, 0.5) is 26.3 Å². The quantitative estimate of drug-likeness (QED) is 0.455. The van der Waals surface area contributed by atoms with Gasteiger partial charge in [-0.1, -0.05) is 0 Å². The van der Waals surface area contributed by atoms with E-state index in [1.165, 1.54) is 9.75 Å².